The third-order valence-corrected chi connectivity index (χ3v) is 11.7. The zero-order valence-corrected chi connectivity index (χ0v) is 27.0. The highest BCUT2D eigenvalue weighted by atomic mass is 28.3. The second kappa shape index (κ2) is 10.9. The Balaban J connectivity index is 1.45. The number of rotatable bonds is 3. The molecule has 7 rings (SSSR count). The normalized spacial score (nSPS) is 17.6. The van der Waals surface area contributed by atoms with Crippen LogP contribution in [-0.4, -0.2) is 8.07 Å². The Bertz CT molecular complexity index is 1850. The van der Waals surface area contributed by atoms with Crippen LogP contribution in [0.2, 0.25) is 19.6 Å². The van der Waals surface area contributed by atoms with Crippen molar-refractivity contribution in [2.24, 2.45) is 0 Å². The molecule has 3 heteroatoms. The molecule has 4 heterocycles. The zero-order chi connectivity index (χ0) is 29.7. The van der Waals surface area contributed by atoms with Gasteiger partial charge in [-0.1, -0.05) is 99.9 Å². The summed E-state index contributed by atoms with van der Waals surface area (Å²) in [4.78, 5) is 0. The maximum absolute atomic E-state index is 4.91. The van der Waals surface area contributed by atoms with Gasteiger partial charge in [-0.3, -0.25) is 0 Å². The highest BCUT2D eigenvalue weighted by Gasteiger charge is 2.44. The minimum absolute atomic E-state index is 0.192. The van der Waals surface area contributed by atoms with Gasteiger partial charge in [0.05, 0.1) is 19.6 Å². The monoisotopic (exact) mass is 578 g/mol. The molecule has 0 fully saturated rings. The number of aryl methyl sites for hydroxylation is 2. The van der Waals surface area contributed by atoms with Gasteiger partial charge in [0.1, 0.15) is 0 Å². The molecule has 2 nitrogen and oxygen atoms in total. The summed E-state index contributed by atoms with van der Waals surface area (Å²) in [6.45, 7) is 15.4. The zero-order valence-electron chi connectivity index (χ0n) is 26.0. The van der Waals surface area contributed by atoms with Crippen LogP contribution in [0.15, 0.2) is 122 Å². The minimum atomic E-state index is -1.57. The predicted molar refractivity (Wildman–Crippen MR) is 181 cm³/mol. The van der Waals surface area contributed by atoms with E-state index < -0.39 is 8.07 Å². The third-order valence-electron chi connectivity index (χ3n) is 9.65. The van der Waals surface area contributed by atoms with Gasteiger partial charge in [-0.25, -0.2) is 0 Å². The molecule has 0 bridgehead atoms. The standard InChI is InChI=1S/C40H42N2Si/c1-6-29-24-38-35-19-13-12-18-34(35)36-22-20-31-16-10-11-17-33(31)37-23-21-32(30-14-8-7-9-15-30)26-41(37)25-28(2)40(36)42(38)27-39(29)43(3,4)5/h7-19,21,23-24,26-27,36,40H,2,6,20,22,25H2,1,3-5H3/q+2. The summed E-state index contributed by atoms with van der Waals surface area (Å²) in [5.41, 5.74) is 13.5. The molecule has 0 N–H and O–H groups in total. The fraction of sp³-hybridized carbons (Fsp3) is 0.250. The van der Waals surface area contributed by atoms with Gasteiger partial charge in [0.25, 0.3) is 0 Å². The van der Waals surface area contributed by atoms with E-state index in [-0.39, 0.29) is 6.04 Å². The van der Waals surface area contributed by atoms with Crippen molar-refractivity contribution in [1.29, 1.82) is 0 Å². The van der Waals surface area contributed by atoms with Gasteiger partial charge in [-0.15, -0.1) is 0 Å². The third kappa shape index (κ3) is 4.90. The summed E-state index contributed by atoms with van der Waals surface area (Å²) >= 11 is 0. The van der Waals surface area contributed by atoms with Crippen LogP contribution in [-0.2, 0) is 19.4 Å². The van der Waals surface area contributed by atoms with Crippen LogP contribution in [0.4, 0.5) is 0 Å². The minimum Gasteiger partial charge on any atom is -0.193 e. The molecule has 0 saturated heterocycles. The van der Waals surface area contributed by atoms with E-state index in [9.17, 15) is 0 Å². The van der Waals surface area contributed by atoms with Gasteiger partial charge in [0, 0.05) is 34.0 Å². The summed E-state index contributed by atoms with van der Waals surface area (Å²) in [6.07, 6.45) is 8.07. The molecule has 0 saturated carbocycles. The van der Waals surface area contributed by atoms with Gasteiger partial charge in [-0.05, 0) is 59.7 Å². The highest BCUT2D eigenvalue weighted by Crippen LogP contribution is 2.44. The van der Waals surface area contributed by atoms with E-state index in [1.165, 1.54) is 55.9 Å². The second-order valence-electron chi connectivity index (χ2n) is 13.4. The van der Waals surface area contributed by atoms with Crippen LogP contribution >= 0.6 is 0 Å². The molecule has 2 aliphatic heterocycles. The maximum Gasteiger partial charge on any atom is 0.213 e. The smallest absolute Gasteiger partial charge is 0.193 e. The number of fused-ring (bicyclic) bond motifs is 9. The maximum atomic E-state index is 4.91. The molecule has 2 aliphatic rings. The van der Waals surface area contributed by atoms with E-state index in [1.807, 2.05) is 0 Å². The molecule has 2 unspecified atom stereocenters. The van der Waals surface area contributed by atoms with E-state index in [1.54, 1.807) is 5.19 Å². The molecule has 43 heavy (non-hydrogen) atoms. The van der Waals surface area contributed by atoms with Gasteiger partial charge in [0.15, 0.2) is 25.0 Å². The average Bonchev–Trinajstić information content (AvgIpc) is 3.02. The van der Waals surface area contributed by atoms with E-state index in [0.29, 0.717) is 5.92 Å². The second-order valence-corrected chi connectivity index (χ2v) is 18.4. The molecule has 3 aromatic carbocycles. The largest absolute Gasteiger partial charge is 0.213 e. The first kappa shape index (κ1) is 27.7. The number of hydrogen-bond acceptors (Lipinski definition) is 0. The van der Waals surface area contributed by atoms with Gasteiger partial charge in [0.2, 0.25) is 11.4 Å². The van der Waals surface area contributed by atoms with Crippen molar-refractivity contribution in [2.75, 3.05) is 0 Å². The van der Waals surface area contributed by atoms with E-state index in [4.69, 9.17) is 6.58 Å². The Hall–Kier alpha value is -4.08. The molecule has 2 atom stereocenters. The first-order valence-corrected chi connectivity index (χ1v) is 19.4. The molecule has 0 radical (unpaired) electrons. The summed E-state index contributed by atoms with van der Waals surface area (Å²) in [7, 11) is -1.57. The van der Waals surface area contributed by atoms with Crippen molar-refractivity contribution in [3.63, 3.8) is 0 Å². The van der Waals surface area contributed by atoms with Crippen molar-refractivity contribution < 1.29 is 9.13 Å². The van der Waals surface area contributed by atoms with E-state index in [0.717, 1.165) is 25.8 Å². The number of pyridine rings is 2. The Labute approximate surface area is 258 Å². The van der Waals surface area contributed by atoms with Crippen LogP contribution in [0.3, 0.4) is 0 Å². The lowest BCUT2D eigenvalue weighted by atomic mass is 9.76. The van der Waals surface area contributed by atoms with E-state index >= 15 is 0 Å². The molecule has 214 valence electrons. The summed E-state index contributed by atoms with van der Waals surface area (Å²) in [6, 6.07) is 36.2. The van der Waals surface area contributed by atoms with Crippen LogP contribution in [0.1, 0.15) is 42.0 Å². The number of benzene rings is 3. The first-order valence-electron chi connectivity index (χ1n) is 15.9. The molecular formula is C40H42N2Si+2. The number of nitrogens with zero attached hydrogens (tertiary/aromatic N) is 2. The molecule has 0 amide bonds. The summed E-state index contributed by atoms with van der Waals surface area (Å²) in [5.74, 6) is 0.357. The molecule has 0 spiro atoms. The lowest BCUT2D eigenvalue weighted by Crippen LogP contribution is -2.55. The van der Waals surface area contributed by atoms with Crippen LogP contribution in [0.5, 0.6) is 0 Å². The SMILES string of the molecule is C=C1C[n+]2cc(-c3ccccc3)ccc2-c2ccccc2CCC2c3ccccc3-c3cc(CC)c([Si](C)(C)C)c[n+]3C12. The van der Waals surface area contributed by atoms with Crippen LogP contribution in [0, 0.1) is 0 Å². The number of aromatic nitrogens is 2. The highest BCUT2D eigenvalue weighted by molar-refractivity contribution is 6.89. The Morgan fingerprint density at radius 2 is 1.49 bits per heavy atom. The number of hydrogen-bond donors (Lipinski definition) is 0. The van der Waals surface area contributed by atoms with E-state index in [2.05, 4.69) is 145 Å². The Morgan fingerprint density at radius 3 is 2.26 bits per heavy atom. The average molecular weight is 579 g/mol. The van der Waals surface area contributed by atoms with Crippen LogP contribution in [0.25, 0.3) is 33.6 Å². The Morgan fingerprint density at radius 1 is 0.767 bits per heavy atom. The van der Waals surface area contributed by atoms with Gasteiger partial charge < -0.3 is 0 Å². The van der Waals surface area contributed by atoms with Crippen molar-refractivity contribution in [2.45, 2.75) is 64.3 Å². The van der Waals surface area contributed by atoms with Crippen molar-refractivity contribution in [3.8, 4) is 33.6 Å². The summed E-state index contributed by atoms with van der Waals surface area (Å²) in [5, 5.41) is 1.58. The molecular weight excluding hydrogens is 537 g/mol. The predicted octanol–water partition coefficient (Wildman–Crippen LogP) is 8.21. The van der Waals surface area contributed by atoms with Gasteiger partial charge >= 0.3 is 0 Å². The lowest BCUT2D eigenvalue weighted by Gasteiger charge is -2.33. The topological polar surface area (TPSA) is 7.76 Å². The molecule has 5 aromatic rings. The quantitative estimate of drug-likeness (QED) is 0.116. The van der Waals surface area contributed by atoms with Crippen LogP contribution < -0.4 is 14.3 Å². The van der Waals surface area contributed by atoms with Crippen molar-refractivity contribution >= 4 is 13.3 Å². The number of allylic oxidation sites excluding steroid dienone is 1. The first-order chi connectivity index (χ1) is 20.8. The molecule has 2 aromatic heterocycles. The van der Waals surface area contributed by atoms with Crippen molar-refractivity contribution in [1.82, 2.24) is 0 Å². The fourth-order valence-corrected chi connectivity index (χ4v) is 9.31. The fourth-order valence-electron chi connectivity index (χ4n) is 7.57. The Kier molecular flexibility index (Phi) is 7.02. The molecule has 0 aliphatic carbocycles. The van der Waals surface area contributed by atoms with Gasteiger partial charge in [-0.2, -0.15) is 9.13 Å². The van der Waals surface area contributed by atoms with Crippen molar-refractivity contribution in [3.05, 3.63) is 138 Å². The lowest BCUT2D eigenvalue weighted by molar-refractivity contribution is -0.722. The summed E-state index contributed by atoms with van der Waals surface area (Å²) < 4.78 is 5.10.